The topological polar surface area (TPSA) is 75.6 Å². The Morgan fingerprint density at radius 2 is 1.76 bits per heavy atom. The summed E-state index contributed by atoms with van der Waals surface area (Å²) in [4.78, 5) is 23.9. The number of benzene rings is 2. The molecule has 132 valence electrons. The van der Waals surface area contributed by atoms with Crippen LogP contribution in [0.3, 0.4) is 0 Å². The zero-order chi connectivity index (χ0) is 18.2. The fourth-order valence-corrected chi connectivity index (χ4v) is 3.07. The molecule has 0 aliphatic carbocycles. The Balaban J connectivity index is 1.97. The standard InChI is InChI=1S/C19H21NO4S/c1-13(25-12-14-6-4-3-5-7-14)18(21)20-17(19(22)23)15-8-10-16(24-2)11-9-15/h3-11,13,17H,12H2,1-2H3,(H,20,21)(H,22,23). The summed E-state index contributed by atoms with van der Waals surface area (Å²) in [6.07, 6.45) is 0. The monoisotopic (exact) mass is 359 g/mol. The number of hydrogen-bond donors (Lipinski definition) is 2. The maximum absolute atomic E-state index is 12.4. The molecule has 2 aromatic rings. The van der Waals surface area contributed by atoms with Crippen LogP contribution < -0.4 is 10.1 Å². The number of amides is 1. The highest BCUT2D eigenvalue weighted by molar-refractivity contribution is 7.99. The Bertz CT molecular complexity index is 703. The molecule has 0 fully saturated rings. The predicted molar refractivity (Wildman–Crippen MR) is 98.7 cm³/mol. The van der Waals surface area contributed by atoms with E-state index in [1.807, 2.05) is 30.3 Å². The molecule has 0 bridgehead atoms. The number of hydrogen-bond acceptors (Lipinski definition) is 4. The van der Waals surface area contributed by atoms with Crippen molar-refractivity contribution in [3.63, 3.8) is 0 Å². The fourth-order valence-electron chi connectivity index (χ4n) is 2.21. The van der Waals surface area contributed by atoms with E-state index >= 15 is 0 Å². The molecule has 1 amide bonds. The summed E-state index contributed by atoms with van der Waals surface area (Å²) in [5, 5.41) is 11.7. The van der Waals surface area contributed by atoms with E-state index in [4.69, 9.17) is 4.74 Å². The molecule has 0 aliphatic heterocycles. The van der Waals surface area contributed by atoms with E-state index in [9.17, 15) is 14.7 Å². The van der Waals surface area contributed by atoms with Crippen molar-refractivity contribution < 1.29 is 19.4 Å². The predicted octanol–water partition coefficient (Wildman–Crippen LogP) is 3.26. The number of aliphatic carboxylic acids is 1. The molecule has 25 heavy (non-hydrogen) atoms. The second kappa shape index (κ2) is 9.13. The Morgan fingerprint density at radius 1 is 1.12 bits per heavy atom. The van der Waals surface area contributed by atoms with E-state index in [2.05, 4.69) is 5.32 Å². The highest BCUT2D eigenvalue weighted by Gasteiger charge is 2.24. The van der Waals surface area contributed by atoms with Crippen LogP contribution in [0, 0.1) is 0 Å². The minimum absolute atomic E-state index is 0.302. The van der Waals surface area contributed by atoms with Crippen LogP contribution in [0.2, 0.25) is 0 Å². The van der Waals surface area contributed by atoms with E-state index in [1.54, 1.807) is 31.2 Å². The molecule has 2 rings (SSSR count). The van der Waals surface area contributed by atoms with Crippen molar-refractivity contribution in [1.82, 2.24) is 5.32 Å². The first-order valence-electron chi connectivity index (χ1n) is 7.84. The molecular weight excluding hydrogens is 338 g/mol. The molecule has 0 radical (unpaired) electrons. The van der Waals surface area contributed by atoms with E-state index in [1.165, 1.54) is 18.9 Å². The smallest absolute Gasteiger partial charge is 0.330 e. The lowest BCUT2D eigenvalue weighted by Crippen LogP contribution is -2.38. The number of nitrogens with one attached hydrogen (secondary N) is 1. The summed E-state index contributed by atoms with van der Waals surface area (Å²) in [6.45, 7) is 1.77. The third-order valence-electron chi connectivity index (χ3n) is 3.69. The number of thioether (sulfide) groups is 1. The van der Waals surface area contributed by atoms with Gasteiger partial charge >= 0.3 is 5.97 Å². The molecular formula is C19H21NO4S. The summed E-state index contributed by atoms with van der Waals surface area (Å²) < 4.78 is 5.06. The van der Waals surface area contributed by atoms with Gasteiger partial charge in [-0.1, -0.05) is 42.5 Å². The van der Waals surface area contributed by atoms with Crippen molar-refractivity contribution in [2.24, 2.45) is 0 Å². The van der Waals surface area contributed by atoms with Gasteiger partial charge in [0, 0.05) is 5.75 Å². The van der Waals surface area contributed by atoms with Gasteiger partial charge < -0.3 is 15.2 Å². The molecule has 0 saturated heterocycles. The molecule has 0 saturated carbocycles. The molecule has 5 nitrogen and oxygen atoms in total. The van der Waals surface area contributed by atoms with Crippen molar-refractivity contribution in [3.8, 4) is 5.75 Å². The van der Waals surface area contributed by atoms with Gasteiger partial charge in [-0.3, -0.25) is 4.79 Å². The largest absolute Gasteiger partial charge is 0.497 e. The molecule has 0 spiro atoms. The first kappa shape index (κ1) is 18.9. The van der Waals surface area contributed by atoms with Gasteiger partial charge in [-0.05, 0) is 30.2 Å². The number of carbonyl (C=O) groups is 2. The lowest BCUT2D eigenvalue weighted by molar-refractivity contribution is -0.141. The van der Waals surface area contributed by atoms with E-state index in [0.29, 0.717) is 17.1 Å². The van der Waals surface area contributed by atoms with Gasteiger partial charge in [0.25, 0.3) is 0 Å². The van der Waals surface area contributed by atoms with Crippen molar-refractivity contribution in [2.45, 2.75) is 24.0 Å². The molecule has 2 aromatic carbocycles. The normalized spacial score (nSPS) is 12.9. The van der Waals surface area contributed by atoms with Crippen molar-refractivity contribution in [1.29, 1.82) is 0 Å². The van der Waals surface area contributed by atoms with Crippen LogP contribution in [0.1, 0.15) is 24.1 Å². The molecule has 2 unspecified atom stereocenters. The molecule has 6 heteroatoms. The van der Waals surface area contributed by atoms with Crippen LogP contribution in [-0.2, 0) is 15.3 Å². The number of carbonyl (C=O) groups excluding carboxylic acids is 1. The molecule has 2 N–H and O–H groups in total. The van der Waals surface area contributed by atoms with Gasteiger partial charge in [0.2, 0.25) is 5.91 Å². The Kier molecular flexibility index (Phi) is 6.89. The van der Waals surface area contributed by atoms with Crippen LogP contribution >= 0.6 is 11.8 Å². The van der Waals surface area contributed by atoms with Gasteiger partial charge in [-0.25, -0.2) is 4.79 Å². The maximum Gasteiger partial charge on any atom is 0.330 e. The number of ether oxygens (including phenoxy) is 1. The number of rotatable bonds is 8. The lowest BCUT2D eigenvalue weighted by atomic mass is 10.1. The summed E-state index contributed by atoms with van der Waals surface area (Å²) in [6, 6.07) is 15.4. The second-order valence-electron chi connectivity index (χ2n) is 5.49. The van der Waals surface area contributed by atoms with Crippen LogP contribution in [-0.4, -0.2) is 29.3 Å². The van der Waals surface area contributed by atoms with Gasteiger partial charge in [0.05, 0.1) is 12.4 Å². The highest BCUT2D eigenvalue weighted by Crippen LogP contribution is 2.21. The highest BCUT2D eigenvalue weighted by atomic mass is 32.2. The Labute approximate surface area is 151 Å². The molecule has 2 atom stereocenters. The Hall–Kier alpha value is -2.47. The number of carboxylic acids is 1. The number of methoxy groups -OCH3 is 1. The van der Waals surface area contributed by atoms with Crippen molar-refractivity contribution in [2.75, 3.05) is 7.11 Å². The maximum atomic E-state index is 12.4. The average molecular weight is 359 g/mol. The van der Waals surface area contributed by atoms with Gasteiger partial charge in [0.15, 0.2) is 6.04 Å². The van der Waals surface area contributed by atoms with Crippen molar-refractivity contribution >= 4 is 23.6 Å². The van der Waals surface area contributed by atoms with Crippen LogP contribution in [0.15, 0.2) is 54.6 Å². The first-order chi connectivity index (χ1) is 12.0. The van der Waals surface area contributed by atoms with Gasteiger partial charge in [0.1, 0.15) is 5.75 Å². The number of carboxylic acid groups (broad SMARTS) is 1. The van der Waals surface area contributed by atoms with Gasteiger partial charge in [-0.15, -0.1) is 11.8 Å². The van der Waals surface area contributed by atoms with Crippen LogP contribution in [0.4, 0.5) is 0 Å². The first-order valence-corrected chi connectivity index (χ1v) is 8.89. The molecule has 0 aromatic heterocycles. The lowest BCUT2D eigenvalue weighted by Gasteiger charge is -2.18. The quantitative estimate of drug-likeness (QED) is 0.757. The average Bonchev–Trinajstić information content (AvgIpc) is 2.64. The summed E-state index contributed by atoms with van der Waals surface area (Å²) in [7, 11) is 1.54. The fraction of sp³-hybridized carbons (Fsp3) is 0.263. The van der Waals surface area contributed by atoms with E-state index in [-0.39, 0.29) is 11.2 Å². The molecule has 0 aliphatic rings. The summed E-state index contributed by atoms with van der Waals surface area (Å²) >= 11 is 1.47. The second-order valence-corrected chi connectivity index (χ2v) is 6.82. The zero-order valence-electron chi connectivity index (χ0n) is 14.1. The van der Waals surface area contributed by atoms with Crippen molar-refractivity contribution in [3.05, 3.63) is 65.7 Å². The van der Waals surface area contributed by atoms with Gasteiger partial charge in [-0.2, -0.15) is 0 Å². The van der Waals surface area contributed by atoms with Crippen LogP contribution in [0.25, 0.3) is 0 Å². The molecule has 0 heterocycles. The zero-order valence-corrected chi connectivity index (χ0v) is 15.0. The minimum atomic E-state index is -1.10. The summed E-state index contributed by atoms with van der Waals surface area (Å²) in [5.74, 6) is -0.0793. The SMILES string of the molecule is COc1ccc(C(NC(=O)C(C)SCc2ccccc2)C(=O)O)cc1. The summed E-state index contributed by atoms with van der Waals surface area (Å²) in [5.41, 5.74) is 1.62. The van der Waals surface area contributed by atoms with Crippen LogP contribution in [0.5, 0.6) is 5.75 Å². The van der Waals surface area contributed by atoms with E-state index in [0.717, 1.165) is 5.56 Å². The third kappa shape index (κ3) is 5.53. The minimum Gasteiger partial charge on any atom is -0.497 e. The third-order valence-corrected chi connectivity index (χ3v) is 4.91. The Morgan fingerprint density at radius 3 is 2.32 bits per heavy atom. The van der Waals surface area contributed by atoms with E-state index < -0.39 is 12.0 Å².